The number of rotatable bonds is 8. The van der Waals surface area contributed by atoms with Gasteiger partial charge in [0.25, 0.3) is 0 Å². The summed E-state index contributed by atoms with van der Waals surface area (Å²) in [5.41, 5.74) is 7.81. The highest BCUT2D eigenvalue weighted by atomic mass is 16.2. The van der Waals surface area contributed by atoms with Crippen molar-refractivity contribution in [2.24, 2.45) is 5.73 Å². The maximum absolute atomic E-state index is 11.7. The van der Waals surface area contributed by atoms with Crippen LogP contribution >= 0.6 is 0 Å². The van der Waals surface area contributed by atoms with E-state index in [-0.39, 0.29) is 5.91 Å². The highest BCUT2D eigenvalue weighted by Gasteiger charge is 2.11. The summed E-state index contributed by atoms with van der Waals surface area (Å²) in [7, 11) is 0. The third kappa shape index (κ3) is 5.71. The largest absolute Gasteiger partial charge is 0.325 e. The van der Waals surface area contributed by atoms with Crippen molar-refractivity contribution in [1.29, 1.82) is 0 Å². The highest BCUT2D eigenvalue weighted by molar-refractivity contribution is 5.94. The Morgan fingerprint density at radius 3 is 2.63 bits per heavy atom. The SMILES string of the molecule is C=CCC(N)C(=O)Nc1ccc(CCCCC)cc1. The number of unbranched alkanes of at least 4 members (excludes halogenated alkanes) is 2. The molecule has 1 rings (SSSR count). The molecule has 104 valence electrons. The Hall–Kier alpha value is -1.61. The van der Waals surface area contributed by atoms with Crippen LogP contribution in [0.5, 0.6) is 0 Å². The smallest absolute Gasteiger partial charge is 0.241 e. The maximum atomic E-state index is 11.7. The number of aryl methyl sites for hydroxylation is 1. The Bertz CT molecular complexity index is 398. The number of carbonyl (C=O) groups is 1. The second-order valence-electron chi connectivity index (χ2n) is 4.77. The molecule has 1 atom stereocenters. The van der Waals surface area contributed by atoms with Crippen LogP contribution in [0, 0.1) is 0 Å². The molecule has 3 heteroatoms. The van der Waals surface area contributed by atoms with Crippen LogP contribution in [0.1, 0.15) is 38.2 Å². The monoisotopic (exact) mass is 260 g/mol. The molecule has 1 aromatic carbocycles. The molecule has 0 aliphatic rings. The van der Waals surface area contributed by atoms with Crippen LogP contribution in [0.4, 0.5) is 5.69 Å². The number of hydrogen-bond donors (Lipinski definition) is 2. The molecule has 1 amide bonds. The predicted octanol–water partition coefficient (Wildman–Crippen LogP) is 3.26. The van der Waals surface area contributed by atoms with Crippen LogP contribution in [0.15, 0.2) is 36.9 Å². The predicted molar refractivity (Wildman–Crippen MR) is 81.1 cm³/mol. The maximum Gasteiger partial charge on any atom is 0.241 e. The molecule has 0 saturated carbocycles. The van der Waals surface area contributed by atoms with Crippen molar-refractivity contribution in [3.05, 3.63) is 42.5 Å². The summed E-state index contributed by atoms with van der Waals surface area (Å²) in [6.07, 6.45) is 6.94. The quantitative estimate of drug-likeness (QED) is 0.557. The lowest BCUT2D eigenvalue weighted by Gasteiger charge is -2.10. The topological polar surface area (TPSA) is 55.1 Å². The Balaban J connectivity index is 2.47. The minimum Gasteiger partial charge on any atom is -0.325 e. The van der Waals surface area contributed by atoms with Crippen molar-refractivity contribution < 1.29 is 4.79 Å². The zero-order valence-corrected chi connectivity index (χ0v) is 11.7. The van der Waals surface area contributed by atoms with Crippen molar-refractivity contribution >= 4 is 11.6 Å². The number of nitrogens with two attached hydrogens (primary N) is 1. The van der Waals surface area contributed by atoms with Gasteiger partial charge in [-0.1, -0.05) is 38.0 Å². The first-order valence-corrected chi connectivity index (χ1v) is 6.93. The lowest BCUT2D eigenvalue weighted by molar-refractivity contribution is -0.117. The molecule has 0 aliphatic heterocycles. The molecule has 3 N–H and O–H groups in total. The number of anilines is 1. The van der Waals surface area contributed by atoms with Crippen molar-refractivity contribution in [1.82, 2.24) is 0 Å². The number of carbonyl (C=O) groups excluding carboxylic acids is 1. The third-order valence-electron chi connectivity index (χ3n) is 3.05. The standard InChI is InChI=1S/C16H24N2O/c1-3-5-6-8-13-9-11-14(12-10-13)18-16(19)15(17)7-4-2/h4,9-12,15H,2-3,5-8,17H2,1H3,(H,18,19). The summed E-state index contributed by atoms with van der Waals surface area (Å²) in [4.78, 5) is 11.7. The molecular formula is C16H24N2O. The summed E-state index contributed by atoms with van der Waals surface area (Å²) >= 11 is 0. The molecule has 0 heterocycles. The summed E-state index contributed by atoms with van der Waals surface area (Å²) in [5.74, 6) is -0.168. The number of benzene rings is 1. The Morgan fingerprint density at radius 1 is 1.37 bits per heavy atom. The summed E-state index contributed by atoms with van der Waals surface area (Å²) < 4.78 is 0. The van der Waals surface area contributed by atoms with E-state index in [2.05, 4.69) is 31.0 Å². The van der Waals surface area contributed by atoms with Gasteiger partial charge in [-0.25, -0.2) is 0 Å². The highest BCUT2D eigenvalue weighted by Crippen LogP contribution is 2.12. The first kappa shape index (κ1) is 15.4. The van der Waals surface area contributed by atoms with E-state index in [0.29, 0.717) is 6.42 Å². The van der Waals surface area contributed by atoms with E-state index in [0.717, 1.165) is 12.1 Å². The normalized spacial score (nSPS) is 11.9. The second kappa shape index (κ2) is 8.48. The van der Waals surface area contributed by atoms with E-state index in [4.69, 9.17) is 5.73 Å². The first-order valence-electron chi connectivity index (χ1n) is 6.93. The Kier molecular flexibility index (Phi) is 6.90. The fraction of sp³-hybridized carbons (Fsp3) is 0.438. The van der Waals surface area contributed by atoms with Crippen LogP contribution in [-0.2, 0) is 11.2 Å². The van der Waals surface area contributed by atoms with Crippen LogP contribution in [0.3, 0.4) is 0 Å². The molecule has 0 spiro atoms. The van der Waals surface area contributed by atoms with Gasteiger partial charge in [-0.15, -0.1) is 6.58 Å². The molecule has 1 aromatic rings. The van der Waals surface area contributed by atoms with E-state index in [9.17, 15) is 4.79 Å². The summed E-state index contributed by atoms with van der Waals surface area (Å²) in [5, 5.41) is 2.81. The van der Waals surface area contributed by atoms with Crippen molar-refractivity contribution in [2.75, 3.05) is 5.32 Å². The number of nitrogens with one attached hydrogen (secondary N) is 1. The fourth-order valence-electron chi connectivity index (χ4n) is 1.86. The zero-order chi connectivity index (χ0) is 14.1. The summed E-state index contributed by atoms with van der Waals surface area (Å²) in [6.45, 7) is 5.78. The van der Waals surface area contributed by atoms with Gasteiger partial charge in [-0.05, 0) is 37.0 Å². The van der Waals surface area contributed by atoms with E-state index in [1.165, 1.54) is 24.8 Å². The number of hydrogen-bond acceptors (Lipinski definition) is 2. The molecule has 0 bridgehead atoms. The van der Waals surface area contributed by atoms with Crippen molar-refractivity contribution in [3.8, 4) is 0 Å². The lowest BCUT2D eigenvalue weighted by Crippen LogP contribution is -2.35. The minimum atomic E-state index is -0.526. The average molecular weight is 260 g/mol. The van der Waals surface area contributed by atoms with E-state index < -0.39 is 6.04 Å². The van der Waals surface area contributed by atoms with E-state index in [1.54, 1.807) is 6.08 Å². The fourth-order valence-corrected chi connectivity index (χ4v) is 1.86. The van der Waals surface area contributed by atoms with Gasteiger partial charge in [-0.3, -0.25) is 4.79 Å². The van der Waals surface area contributed by atoms with Crippen LogP contribution in [-0.4, -0.2) is 11.9 Å². The Morgan fingerprint density at radius 2 is 2.05 bits per heavy atom. The molecule has 0 aromatic heterocycles. The molecule has 3 nitrogen and oxygen atoms in total. The van der Waals surface area contributed by atoms with Gasteiger partial charge in [0.05, 0.1) is 6.04 Å². The zero-order valence-electron chi connectivity index (χ0n) is 11.7. The first-order chi connectivity index (χ1) is 9.17. The van der Waals surface area contributed by atoms with Gasteiger partial charge in [-0.2, -0.15) is 0 Å². The molecule has 1 unspecified atom stereocenters. The van der Waals surface area contributed by atoms with E-state index >= 15 is 0 Å². The molecule has 0 saturated heterocycles. The van der Waals surface area contributed by atoms with Crippen molar-refractivity contribution in [2.45, 2.75) is 45.1 Å². The van der Waals surface area contributed by atoms with Crippen molar-refractivity contribution in [3.63, 3.8) is 0 Å². The Labute approximate surface area is 115 Å². The van der Waals surface area contributed by atoms with Crippen LogP contribution in [0.2, 0.25) is 0 Å². The molecule has 19 heavy (non-hydrogen) atoms. The lowest BCUT2D eigenvalue weighted by atomic mass is 10.1. The second-order valence-corrected chi connectivity index (χ2v) is 4.77. The minimum absolute atomic E-state index is 0.168. The van der Waals surface area contributed by atoms with Gasteiger partial charge < -0.3 is 11.1 Å². The van der Waals surface area contributed by atoms with Gasteiger partial charge in [0.15, 0.2) is 0 Å². The van der Waals surface area contributed by atoms with Gasteiger partial charge in [0.2, 0.25) is 5.91 Å². The van der Waals surface area contributed by atoms with Crippen LogP contribution < -0.4 is 11.1 Å². The molecular weight excluding hydrogens is 236 g/mol. The van der Waals surface area contributed by atoms with Gasteiger partial charge in [0, 0.05) is 5.69 Å². The number of amides is 1. The molecule has 0 fully saturated rings. The molecule has 0 radical (unpaired) electrons. The van der Waals surface area contributed by atoms with Gasteiger partial charge in [0.1, 0.15) is 0 Å². The van der Waals surface area contributed by atoms with Crippen LogP contribution in [0.25, 0.3) is 0 Å². The van der Waals surface area contributed by atoms with E-state index in [1.807, 2.05) is 12.1 Å². The summed E-state index contributed by atoms with van der Waals surface area (Å²) in [6, 6.07) is 7.45. The molecule has 0 aliphatic carbocycles. The average Bonchev–Trinajstić information content (AvgIpc) is 2.41. The van der Waals surface area contributed by atoms with Gasteiger partial charge >= 0.3 is 0 Å². The third-order valence-corrected chi connectivity index (χ3v) is 3.05.